The molecule has 1 atom stereocenters. The van der Waals surface area contributed by atoms with E-state index in [1.54, 1.807) is 0 Å². The molecule has 3 nitrogen and oxygen atoms in total. The van der Waals surface area contributed by atoms with Gasteiger partial charge in [0.05, 0.1) is 6.10 Å². The Hall–Kier alpha value is -0.830. The van der Waals surface area contributed by atoms with Gasteiger partial charge in [-0.25, -0.2) is 0 Å². The number of allylic oxidation sites excluding steroid dienone is 2. The van der Waals surface area contributed by atoms with Gasteiger partial charge in [0, 0.05) is 6.42 Å². The molecule has 0 aliphatic heterocycles. The van der Waals surface area contributed by atoms with Crippen LogP contribution in [0.2, 0.25) is 0 Å². The molecule has 1 unspecified atom stereocenters. The van der Waals surface area contributed by atoms with E-state index in [1.807, 2.05) is 0 Å². The Morgan fingerprint density at radius 1 is 0.826 bits per heavy atom. The second-order valence-electron chi connectivity index (χ2n) is 6.61. The predicted molar refractivity (Wildman–Crippen MR) is 97.7 cm³/mol. The zero-order chi connectivity index (χ0) is 17.2. The fraction of sp³-hybridized carbons (Fsp3) is 0.850. The zero-order valence-corrected chi connectivity index (χ0v) is 15.1. The van der Waals surface area contributed by atoms with Crippen molar-refractivity contribution in [1.82, 2.24) is 0 Å². The number of hydrogen-bond acceptors (Lipinski definition) is 2. The fourth-order valence-electron chi connectivity index (χ4n) is 2.73. The van der Waals surface area contributed by atoms with Crippen molar-refractivity contribution >= 4 is 5.97 Å². The molecule has 136 valence electrons. The second kappa shape index (κ2) is 17.5. The van der Waals surface area contributed by atoms with Crippen LogP contribution in [-0.4, -0.2) is 22.3 Å². The van der Waals surface area contributed by atoms with Crippen molar-refractivity contribution in [3.8, 4) is 0 Å². The van der Waals surface area contributed by atoms with E-state index in [0.29, 0.717) is 6.42 Å². The summed E-state index contributed by atoms with van der Waals surface area (Å²) in [5, 5.41) is 18.4. The van der Waals surface area contributed by atoms with Crippen LogP contribution < -0.4 is 0 Å². The van der Waals surface area contributed by atoms with Crippen molar-refractivity contribution in [2.24, 2.45) is 0 Å². The molecule has 0 aliphatic carbocycles. The van der Waals surface area contributed by atoms with Crippen molar-refractivity contribution in [3.05, 3.63) is 12.2 Å². The van der Waals surface area contributed by atoms with Crippen LogP contribution in [0.15, 0.2) is 12.2 Å². The van der Waals surface area contributed by atoms with Crippen molar-refractivity contribution in [1.29, 1.82) is 0 Å². The van der Waals surface area contributed by atoms with Crippen LogP contribution in [0.4, 0.5) is 0 Å². The average Bonchev–Trinajstić information content (AvgIpc) is 2.52. The monoisotopic (exact) mass is 326 g/mol. The molecule has 0 aromatic heterocycles. The van der Waals surface area contributed by atoms with E-state index in [1.165, 1.54) is 32.1 Å². The first-order valence-corrected chi connectivity index (χ1v) is 9.71. The smallest absolute Gasteiger partial charge is 0.303 e. The second-order valence-corrected chi connectivity index (χ2v) is 6.61. The van der Waals surface area contributed by atoms with E-state index >= 15 is 0 Å². The highest BCUT2D eigenvalue weighted by atomic mass is 16.4. The normalized spacial score (nSPS) is 12.8. The molecule has 0 radical (unpaired) electrons. The number of carboxylic acid groups (broad SMARTS) is 1. The molecule has 3 heteroatoms. The first-order valence-electron chi connectivity index (χ1n) is 9.71. The molecule has 0 spiro atoms. The Morgan fingerprint density at radius 2 is 1.39 bits per heavy atom. The molecule has 0 heterocycles. The van der Waals surface area contributed by atoms with Gasteiger partial charge in [-0.05, 0) is 44.9 Å². The maximum atomic E-state index is 10.4. The number of rotatable bonds is 17. The van der Waals surface area contributed by atoms with Gasteiger partial charge < -0.3 is 10.2 Å². The van der Waals surface area contributed by atoms with E-state index in [0.717, 1.165) is 57.8 Å². The maximum absolute atomic E-state index is 10.4. The molecule has 0 saturated heterocycles. The summed E-state index contributed by atoms with van der Waals surface area (Å²) in [5.41, 5.74) is 0. The van der Waals surface area contributed by atoms with Gasteiger partial charge >= 0.3 is 5.97 Å². The number of aliphatic hydroxyl groups excluding tert-OH is 1. The third-order valence-corrected chi connectivity index (χ3v) is 4.23. The van der Waals surface area contributed by atoms with Crippen LogP contribution >= 0.6 is 0 Å². The van der Waals surface area contributed by atoms with Crippen molar-refractivity contribution in [2.45, 2.75) is 109 Å². The Kier molecular flexibility index (Phi) is 16.9. The Morgan fingerprint density at radius 3 is 2.09 bits per heavy atom. The molecule has 0 amide bonds. The minimum absolute atomic E-state index is 0.106. The Balaban J connectivity index is 3.23. The van der Waals surface area contributed by atoms with E-state index in [4.69, 9.17) is 5.11 Å². The van der Waals surface area contributed by atoms with Gasteiger partial charge in [-0.15, -0.1) is 0 Å². The molecule has 0 aromatic rings. The van der Waals surface area contributed by atoms with E-state index in [2.05, 4.69) is 19.1 Å². The summed E-state index contributed by atoms with van der Waals surface area (Å²) in [6, 6.07) is 0. The minimum atomic E-state index is -0.681. The quantitative estimate of drug-likeness (QED) is 0.260. The summed E-state index contributed by atoms with van der Waals surface area (Å²) in [7, 11) is 0. The van der Waals surface area contributed by atoms with Crippen molar-refractivity contribution < 1.29 is 15.0 Å². The number of carbonyl (C=O) groups is 1. The van der Waals surface area contributed by atoms with Gasteiger partial charge in [-0.1, -0.05) is 64.0 Å². The molecular weight excluding hydrogens is 288 g/mol. The summed E-state index contributed by atoms with van der Waals surface area (Å²) in [6.07, 6.45) is 20.2. The van der Waals surface area contributed by atoms with E-state index in [-0.39, 0.29) is 6.10 Å². The largest absolute Gasteiger partial charge is 0.481 e. The van der Waals surface area contributed by atoms with Crippen LogP contribution in [0.25, 0.3) is 0 Å². The number of aliphatic carboxylic acids is 1. The number of aliphatic hydroxyl groups is 1. The topological polar surface area (TPSA) is 57.5 Å². The fourth-order valence-corrected chi connectivity index (χ4v) is 2.73. The lowest BCUT2D eigenvalue weighted by Gasteiger charge is -2.09. The molecule has 0 bridgehead atoms. The molecule has 0 fully saturated rings. The summed E-state index contributed by atoms with van der Waals surface area (Å²) >= 11 is 0. The molecule has 0 saturated carbocycles. The summed E-state index contributed by atoms with van der Waals surface area (Å²) < 4.78 is 0. The Labute approximate surface area is 143 Å². The van der Waals surface area contributed by atoms with Gasteiger partial charge in [-0.2, -0.15) is 0 Å². The van der Waals surface area contributed by atoms with Gasteiger partial charge in [0.25, 0.3) is 0 Å². The van der Waals surface area contributed by atoms with Gasteiger partial charge in [0.1, 0.15) is 0 Å². The summed E-state index contributed by atoms with van der Waals surface area (Å²) in [6.45, 7) is 2.21. The molecule has 2 N–H and O–H groups in total. The van der Waals surface area contributed by atoms with Gasteiger partial charge in [0.2, 0.25) is 0 Å². The molecule has 0 aromatic carbocycles. The van der Waals surface area contributed by atoms with Crippen LogP contribution in [0.1, 0.15) is 103 Å². The average molecular weight is 327 g/mol. The molecule has 0 aliphatic rings. The maximum Gasteiger partial charge on any atom is 0.303 e. The highest BCUT2D eigenvalue weighted by molar-refractivity contribution is 5.66. The minimum Gasteiger partial charge on any atom is -0.481 e. The molecular formula is C20H38O3. The molecule has 0 rings (SSSR count). The van der Waals surface area contributed by atoms with Crippen LogP contribution in [0.5, 0.6) is 0 Å². The summed E-state index contributed by atoms with van der Waals surface area (Å²) in [4.78, 5) is 10.4. The van der Waals surface area contributed by atoms with Crippen molar-refractivity contribution in [2.75, 3.05) is 0 Å². The van der Waals surface area contributed by atoms with Crippen LogP contribution in [0, 0.1) is 0 Å². The third kappa shape index (κ3) is 19.1. The van der Waals surface area contributed by atoms with Crippen molar-refractivity contribution in [3.63, 3.8) is 0 Å². The highest BCUT2D eigenvalue weighted by Gasteiger charge is 2.02. The number of hydrogen-bond donors (Lipinski definition) is 2. The first kappa shape index (κ1) is 22.2. The van der Waals surface area contributed by atoms with E-state index < -0.39 is 5.97 Å². The van der Waals surface area contributed by atoms with Gasteiger partial charge in [-0.3, -0.25) is 4.79 Å². The number of unbranched alkanes of at least 4 members (excludes halogenated alkanes) is 9. The predicted octanol–water partition coefficient (Wildman–Crippen LogP) is 5.86. The van der Waals surface area contributed by atoms with E-state index in [9.17, 15) is 9.90 Å². The highest BCUT2D eigenvalue weighted by Crippen LogP contribution is 2.11. The standard InChI is InChI=1S/C20H38O3/c1-2-3-4-13-16-19(21)17-14-11-9-7-5-6-8-10-12-15-18-20(22)23/h7,9,19,21H,2-6,8,10-18H2,1H3,(H,22,23). The van der Waals surface area contributed by atoms with Crippen LogP contribution in [-0.2, 0) is 4.79 Å². The lowest BCUT2D eigenvalue weighted by molar-refractivity contribution is -0.137. The SMILES string of the molecule is CCCCCCC(O)CCCC=CCCCCCCCC(=O)O. The first-order chi connectivity index (χ1) is 11.2. The third-order valence-electron chi connectivity index (χ3n) is 4.23. The Bertz CT molecular complexity index is 287. The zero-order valence-electron chi connectivity index (χ0n) is 15.1. The lowest BCUT2D eigenvalue weighted by atomic mass is 10.0. The summed E-state index contributed by atoms with van der Waals surface area (Å²) in [5.74, 6) is -0.681. The lowest BCUT2D eigenvalue weighted by Crippen LogP contribution is -2.05. The number of carboxylic acids is 1. The molecule has 23 heavy (non-hydrogen) atoms. The van der Waals surface area contributed by atoms with Crippen LogP contribution in [0.3, 0.4) is 0 Å². The van der Waals surface area contributed by atoms with Gasteiger partial charge in [0.15, 0.2) is 0 Å².